The van der Waals surface area contributed by atoms with E-state index in [9.17, 15) is 17.5 Å². The minimum absolute atomic E-state index is 0.802. The van der Waals surface area contributed by atoms with E-state index in [0.29, 0.717) is 0 Å². The molecule has 1 atom stereocenters. The average molecular weight is 254 g/mol. The van der Waals surface area contributed by atoms with Crippen LogP contribution < -0.4 is 0 Å². The summed E-state index contributed by atoms with van der Waals surface area (Å²) in [7, 11) is -5.92. The van der Waals surface area contributed by atoms with Crippen LogP contribution in [0.25, 0.3) is 0 Å². The van der Waals surface area contributed by atoms with Crippen LogP contribution in [0.4, 0.5) is 13.0 Å². The zero-order valence-corrected chi connectivity index (χ0v) is 9.92. The second kappa shape index (κ2) is 6.06. The Morgan fingerprint density at radius 2 is 1.62 bits per heavy atom. The van der Waals surface area contributed by atoms with E-state index in [0.717, 1.165) is 12.1 Å². The molecule has 1 N–H and O–H groups in total. The molecule has 6 heteroatoms. The Morgan fingerprint density at radius 1 is 1.25 bits per heavy atom. The summed E-state index contributed by atoms with van der Waals surface area (Å²) in [5, 5.41) is 0. The van der Waals surface area contributed by atoms with Crippen molar-refractivity contribution in [3.05, 3.63) is 35.9 Å². The lowest BCUT2D eigenvalue weighted by atomic mass is 10.2. The summed E-state index contributed by atoms with van der Waals surface area (Å²) in [5.74, 6) is 0. The molecule has 16 heavy (non-hydrogen) atoms. The minimum Gasteiger partial charge on any atom is -0.317 e. The third-order valence-electron chi connectivity index (χ3n) is 1.47. The van der Waals surface area contributed by atoms with Gasteiger partial charge in [-0.05, 0) is 0 Å². The number of hydrogen-bond donors (Lipinski definition) is 1. The lowest BCUT2D eigenvalue weighted by Crippen LogP contribution is -2.11. The third kappa shape index (κ3) is 3.99. The van der Waals surface area contributed by atoms with Crippen LogP contribution in [-0.4, -0.2) is 4.89 Å². The molecule has 0 radical (unpaired) electrons. The summed E-state index contributed by atoms with van der Waals surface area (Å²) in [6.45, 7) is 4.25. The maximum absolute atomic E-state index is 12.8. The molecule has 0 amide bonds. The predicted octanol–water partition coefficient (Wildman–Crippen LogP) is 4.31. The van der Waals surface area contributed by atoms with Crippen molar-refractivity contribution in [1.82, 2.24) is 0 Å². The minimum atomic E-state index is -5.92. The summed E-state index contributed by atoms with van der Waals surface area (Å²) in [4.78, 5) is 8.14. The van der Waals surface area contributed by atoms with Crippen molar-refractivity contribution in [3.8, 4) is 0 Å². The Bertz CT molecular complexity index is 348. The van der Waals surface area contributed by atoms with E-state index in [-0.39, 0.29) is 0 Å². The molecule has 0 aliphatic carbocycles. The lowest BCUT2D eigenvalue weighted by molar-refractivity contribution is 0.0645. The van der Waals surface area contributed by atoms with E-state index in [1.807, 2.05) is 0 Å². The van der Waals surface area contributed by atoms with Gasteiger partial charge in [0.15, 0.2) is 0 Å². The number of benzene rings is 1. The normalized spacial score (nSPS) is 14.6. The highest BCUT2D eigenvalue weighted by atomic mass is 31.2. The lowest BCUT2D eigenvalue weighted by Gasteiger charge is -2.15. The van der Waals surface area contributed by atoms with Crippen molar-refractivity contribution in [2.45, 2.75) is 25.9 Å². The average Bonchev–Trinajstić information content (AvgIpc) is 2.18. The molecule has 1 unspecified atom stereocenters. The van der Waals surface area contributed by atoms with Crippen molar-refractivity contribution >= 4 is 7.68 Å². The van der Waals surface area contributed by atoms with Crippen LogP contribution in [0.15, 0.2) is 30.3 Å². The van der Waals surface area contributed by atoms with Crippen molar-refractivity contribution in [3.63, 3.8) is 0 Å². The first-order chi connectivity index (χ1) is 7.27. The molecule has 0 heterocycles. The fourth-order valence-electron chi connectivity index (χ4n) is 0.798. The van der Waals surface area contributed by atoms with Crippen LogP contribution in [0.2, 0.25) is 0 Å². The second-order valence-electron chi connectivity index (χ2n) is 3.12. The van der Waals surface area contributed by atoms with E-state index >= 15 is 0 Å². The van der Waals surface area contributed by atoms with E-state index < -0.39 is 18.9 Å². The van der Waals surface area contributed by atoms with Gasteiger partial charge in [-0.3, -0.25) is 0 Å². The molecule has 0 saturated heterocycles. The zero-order chi connectivity index (χ0) is 12.8. The predicted molar refractivity (Wildman–Crippen MR) is 57.2 cm³/mol. The SMILES string of the molecule is CCC.O=P(O)(F)C(F)(F)c1ccccc1. The topological polar surface area (TPSA) is 37.3 Å². The van der Waals surface area contributed by atoms with Crippen LogP contribution in [0, 0.1) is 0 Å². The van der Waals surface area contributed by atoms with Crippen molar-refractivity contribution in [2.24, 2.45) is 0 Å². The van der Waals surface area contributed by atoms with Crippen LogP contribution in [-0.2, 0) is 10.2 Å². The molecule has 0 aromatic heterocycles. The summed E-state index contributed by atoms with van der Waals surface area (Å²) >= 11 is 0. The molecule has 92 valence electrons. The van der Waals surface area contributed by atoms with Gasteiger partial charge >= 0.3 is 13.3 Å². The van der Waals surface area contributed by atoms with Gasteiger partial charge in [-0.2, -0.15) is 13.0 Å². The van der Waals surface area contributed by atoms with Crippen LogP contribution in [0.3, 0.4) is 0 Å². The van der Waals surface area contributed by atoms with Crippen LogP contribution >= 0.6 is 7.68 Å². The van der Waals surface area contributed by atoms with Crippen molar-refractivity contribution < 1.29 is 22.4 Å². The smallest absolute Gasteiger partial charge is 0.317 e. The van der Waals surface area contributed by atoms with Gasteiger partial charge in [0.25, 0.3) is 0 Å². The first-order valence-corrected chi connectivity index (χ1v) is 6.28. The number of rotatable bonds is 2. The van der Waals surface area contributed by atoms with Crippen molar-refractivity contribution in [1.29, 1.82) is 0 Å². The molecular formula is C10H14F3O2P. The largest absolute Gasteiger partial charge is 0.437 e. The molecule has 0 aliphatic heterocycles. The highest BCUT2D eigenvalue weighted by Gasteiger charge is 2.51. The van der Waals surface area contributed by atoms with E-state index in [1.165, 1.54) is 24.6 Å². The van der Waals surface area contributed by atoms with Gasteiger partial charge in [-0.25, -0.2) is 4.57 Å². The van der Waals surface area contributed by atoms with Gasteiger partial charge in [0.2, 0.25) is 0 Å². The van der Waals surface area contributed by atoms with Crippen LogP contribution in [0.5, 0.6) is 0 Å². The molecule has 1 aromatic carbocycles. The van der Waals surface area contributed by atoms with Crippen molar-refractivity contribution in [2.75, 3.05) is 0 Å². The first-order valence-electron chi connectivity index (χ1n) is 4.73. The summed E-state index contributed by atoms with van der Waals surface area (Å²) in [5.41, 5.74) is -5.13. The fourth-order valence-corrected chi connectivity index (χ4v) is 1.27. The number of alkyl halides is 2. The Morgan fingerprint density at radius 3 is 1.94 bits per heavy atom. The van der Waals surface area contributed by atoms with Gasteiger partial charge in [-0.1, -0.05) is 50.6 Å². The van der Waals surface area contributed by atoms with Gasteiger partial charge < -0.3 is 4.89 Å². The quantitative estimate of drug-likeness (QED) is 0.798. The molecule has 1 rings (SSSR count). The second-order valence-corrected chi connectivity index (χ2v) is 4.68. The molecule has 2 nitrogen and oxygen atoms in total. The van der Waals surface area contributed by atoms with E-state index in [4.69, 9.17) is 4.89 Å². The third-order valence-corrected chi connectivity index (χ3v) is 2.42. The molecule has 0 spiro atoms. The Balaban J connectivity index is 0.000000673. The van der Waals surface area contributed by atoms with Gasteiger partial charge in [-0.15, -0.1) is 0 Å². The van der Waals surface area contributed by atoms with Gasteiger partial charge in [0.05, 0.1) is 0 Å². The Labute approximate surface area is 92.7 Å². The molecule has 1 aromatic rings. The highest BCUT2D eigenvalue weighted by Crippen LogP contribution is 2.63. The maximum atomic E-state index is 12.8. The fraction of sp³-hybridized carbons (Fsp3) is 0.400. The van der Waals surface area contributed by atoms with Gasteiger partial charge in [0.1, 0.15) is 0 Å². The maximum Gasteiger partial charge on any atom is 0.437 e. The molecule has 0 fully saturated rings. The summed E-state index contributed by atoms with van der Waals surface area (Å²) in [6.07, 6.45) is 1.25. The zero-order valence-electron chi connectivity index (χ0n) is 9.03. The molecule has 0 saturated carbocycles. The highest BCUT2D eigenvalue weighted by molar-refractivity contribution is 7.53. The Kier molecular flexibility index (Phi) is 5.76. The van der Waals surface area contributed by atoms with E-state index in [1.54, 1.807) is 0 Å². The molecule has 0 aliphatic rings. The summed E-state index contributed by atoms with van der Waals surface area (Å²) in [6, 6.07) is 5.70. The first kappa shape index (κ1) is 15.2. The van der Waals surface area contributed by atoms with Gasteiger partial charge in [0, 0.05) is 5.56 Å². The standard InChI is InChI=1S/C7H6F3O2P.C3H8/c8-7(9,13(10,11)12)6-4-2-1-3-5-6;1-3-2/h1-5H,(H,11,12);3H2,1-2H3. The monoisotopic (exact) mass is 254 g/mol. The Hall–Kier alpha value is -0.800. The van der Waals surface area contributed by atoms with Crippen LogP contribution in [0.1, 0.15) is 25.8 Å². The number of halogens is 3. The van der Waals surface area contributed by atoms with E-state index in [2.05, 4.69) is 13.8 Å². The molecule has 0 bridgehead atoms. The number of hydrogen-bond acceptors (Lipinski definition) is 1. The molecular weight excluding hydrogens is 240 g/mol. The summed E-state index contributed by atoms with van der Waals surface area (Å²) < 4.78 is 47.9.